The van der Waals surface area contributed by atoms with Gasteiger partial charge in [0.05, 0.1) is 6.54 Å². The Labute approximate surface area is 167 Å². The van der Waals surface area contributed by atoms with Gasteiger partial charge in [0.1, 0.15) is 12.4 Å². The molecule has 1 aromatic heterocycles. The molecule has 1 N–H and O–H groups in total. The molecule has 1 amide bonds. The van der Waals surface area contributed by atoms with Crippen LogP contribution in [0.5, 0.6) is 11.5 Å². The summed E-state index contributed by atoms with van der Waals surface area (Å²) in [7, 11) is 0. The fraction of sp³-hybridized carbons (Fsp3) is 0.238. The van der Waals surface area contributed by atoms with Crippen molar-refractivity contribution in [1.29, 1.82) is 0 Å². The van der Waals surface area contributed by atoms with Crippen LogP contribution < -0.4 is 4.74 Å². The van der Waals surface area contributed by atoms with Crippen molar-refractivity contribution in [3.8, 4) is 22.6 Å². The van der Waals surface area contributed by atoms with Gasteiger partial charge in [-0.15, -0.1) is 0 Å². The van der Waals surface area contributed by atoms with Gasteiger partial charge in [-0.3, -0.25) is 4.79 Å². The Morgan fingerprint density at radius 1 is 1.25 bits per heavy atom. The molecule has 0 bridgehead atoms. The summed E-state index contributed by atoms with van der Waals surface area (Å²) >= 11 is 6.09. The minimum absolute atomic E-state index is 0.0384. The van der Waals surface area contributed by atoms with E-state index in [2.05, 4.69) is 5.16 Å². The predicted octanol–water partition coefficient (Wildman–Crippen LogP) is 4.30. The summed E-state index contributed by atoms with van der Waals surface area (Å²) in [6.45, 7) is 2.89. The molecule has 7 heteroatoms. The number of fused-ring (bicyclic) bond motifs is 1. The Kier molecular flexibility index (Phi) is 4.96. The van der Waals surface area contributed by atoms with Gasteiger partial charge in [0.25, 0.3) is 5.91 Å². The smallest absolute Gasteiger partial charge is 0.276 e. The highest BCUT2D eigenvalue weighted by atomic mass is 35.5. The fourth-order valence-electron chi connectivity index (χ4n) is 3.25. The molecule has 0 spiro atoms. The van der Waals surface area contributed by atoms with Gasteiger partial charge >= 0.3 is 0 Å². The summed E-state index contributed by atoms with van der Waals surface area (Å²) in [6.07, 6.45) is 0.670. The molecule has 2 heterocycles. The summed E-state index contributed by atoms with van der Waals surface area (Å²) in [5.41, 5.74) is 2.67. The molecular weight excluding hydrogens is 380 g/mol. The molecule has 0 aliphatic carbocycles. The standard InChI is InChI=1S/C21H19ClN2O4/c1-2-17-11-18(23-28-17)21(26)24-6-7-27-20-15(12-24)8-14(10-19(20)25)13-4-3-5-16(22)9-13/h3-5,8-11,25H,2,6-7,12H2,1H3. The number of amides is 1. The topological polar surface area (TPSA) is 75.8 Å². The average Bonchev–Trinajstić information content (AvgIpc) is 3.07. The molecule has 4 rings (SSSR count). The Balaban J connectivity index is 1.67. The molecular formula is C21H19ClN2O4. The lowest BCUT2D eigenvalue weighted by Gasteiger charge is -2.18. The molecule has 1 aliphatic rings. The van der Waals surface area contributed by atoms with Crippen molar-refractivity contribution in [3.05, 3.63) is 64.5 Å². The van der Waals surface area contributed by atoms with Gasteiger partial charge in [-0.25, -0.2) is 0 Å². The number of benzene rings is 2. The van der Waals surface area contributed by atoms with Crippen LogP contribution in [0.3, 0.4) is 0 Å². The predicted molar refractivity (Wildman–Crippen MR) is 105 cm³/mol. The molecule has 1 aliphatic heterocycles. The zero-order valence-corrected chi connectivity index (χ0v) is 16.1. The second-order valence-corrected chi connectivity index (χ2v) is 7.04. The number of nitrogens with zero attached hydrogens (tertiary/aromatic N) is 2. The SMILES string of the molecule is CCc1cc(C(=O)N2CCOc3c(O)cc(-c4cccc(Cl)c4)cc3C2)no1. The molecule has 0 fully saturated rings. The largest absolute Gasteiger partial charge is 0.504 e. The molecule has 0 saturated heterocycles. The Morgan fingerprint density at radius 3 is 2.86 bits per heavy atom. The van der Waals surface area contributed by atoms with E-state index in [1.54, 1.807) is 23.1 Å². The highest BCUT2D eigenvalue weighted by Crippen LogP contribution is 2.38. The monoisotopic (exact) mass is 398 g/mol. The van der Waals surface area contributed by atoms with Gasteiger partial charge in [-0.05, 0) is 35.4 Å². The van der Waals surface area contributed by atoms with Crippen LogP contribution in [0.4, 0.5) is 0 Å². The Hall–Kier alpha value is -2.99. The molecule has 2 aromatic carbocycles. The number of aromatic nitrogens is 1. The van der Waals surface area contributed by atoms with Gasteiger partial charge < -0.3 is 19.3 Å². The van der Waals surface area contributed by atoms with Crippen molar-refractivity contribution in [2.75, 3.05) is 13.2 Å². The van der Waals surface area contributed by atoms with Crippen molar-refractivity contribution < 1.29 is 19.2 Å². The molecule has 144 valence electrons. The lowest BCUT2D eigenvalue weighted by atomic mass is 10.0. The molecule has 0 saturated carbocycles. The van der Waals surface area contributed by atoms with Crippen LogP contribution in [0.2, 0.25) is 5.02 Å². The number of ether oxygens (including phenoxy) is 1. The summed E-state index contributed by atoms with van der Waals surface area (Å²) in [5.74, 6) is 0.871. The average molecular weight is 399 g/mol. The lowest BCUT2D eigenvalue weighted by molar-refractivity contribution is 0.0722. The third-order valence-corrected chi connectivity index (χ3v) is 4.92. The quantitative estimate of drug-likeness (QED) is 0.711. The summed E-state index contributed by atoms with van der Waals surface area (Å²) in [4.78, 5) is 14.5. The number of aromatic hydroxyl groups is 1. The van der Waals surface area contributed by atoms with Crippen LogP contribution in [0.15, 0.2) is 47.0 Å². The highest BCUT2D eigenvalue weighted by molar-refractivity contribution is 6.30. The van der Waals surface area contributed by atoms with E-state index in [0.717, 1.165) is 16.7 Å². The van der Waals surface area contributed by atoms with E-state index in [4.69, 9.17) is 20.9 Å². The Morgan fingerprint density at radius 2 is 2.11 bits per heavy atom. The number of hydrogen-bond acceptors (Lipinski definition) is 5. The number of halogens is 1. The molecule has 3 aromatic rings. The van der Waals surface area contributed by atoms with E-state index in [9.17, 15) is 9.90 Å². The van der Waals surface area contributed by atoms with Crippen molar-refractivity contribution in [2.45, 2.75) is 19.9 Å². The van der Waals surface area contributed by atoms with Crippen LogP contribution in [-0.4, -0.2) is 34.2 Å². The van der Waals surface area contributed by atoms with Crippen molar-refractivity contribution in [3.63, 3.8) is 0 Å². The molecule has 28 heavy (non-hydrogen) atoms. The maximum Gasteiger partial charge on any atom is 0.276 e. The number of hydrogen-bond donors (Lipinski definition) is 1. The van der Waals surface area contributed by atoms with Gasteiger partial charge in [-0.1, -0.05) is 35.8 Å². The first-order valence-corrected chi connectivity index (χ1v) is 9.42. The zero-order valence-electron chi connectivity index (χ0n) is 15.3. The molecule has 0 radical (unpaired) electrons. The van der Waals surface area contributed by atoms with Crippen molar-refractivity contribution >= 4 is 17.5 Å². The van der Waals surface area contributed by atoms with Gasteiger partial charge in [-0.2, -0.15) is 0 Å². The van der Waals surface area contributed by atoms with E-state index in [-0.39, 0.29) is 24.0 Å². The summed E-state index contributed by atoms with van der Waals surface area (Å²) < 4.78 is 10.9. The van der Waals surface area contributed by atoms with E-state index in [0.29, 0.717) is 36.0 Å². The number of aryl methyl sites for hydroxylation is 1. The number of carbonyl (C=O) groups excluding carboxylic acids is 1. The minimum atomic E-state index is -0.229. The van der Waals surface area contributed by atoms with E-state index >= 15 is 0 Å². The van der Waals surface area contributed by atoms with Crippen LogP contribution in [-0.2, 0) is 13.0 Å². The fourth-order valence-corrected chi connectivity index (χ4v) is 3.44. The minimum Gasteiger partial charge on any atom is -0.504 e. The van der Waals surface area contributed by atoms with E-state index < -0.39 is 0 Å². The van der Waals surface area contributed by atoms with Gasteiger partial charge in [0, 0.05) is 29.6 Å². The Bertz CT molecular complexity index is 1030. The first-order chi connectivity index (χ1) is 13.5. The third kappa shape index (κ3) is 3.55. The number of phenolic OH excluding ortho intramolecular Hbond substituents is 1. The molecule has 0 atom stereocenters. The maximum atomic E-state index is 12.8. The zero-order chi connectivity index (χ0) is 19.7. The highest BCUT2D eigenvalue weighted by Gasteiger charge is 2.25. The summed E-state index contributed by atoms with van der Waals surface area (Å²) in [6, 6.07) is 12.6. The van der Waals surface area contributed by atoms with Crippen LogP contribution in [0, 0.1) is 0 Å². The number of rotatable bonds is 3. The van der Waals surface area contributed by atoms with Gasteiger partial charge in [0.2, 0.25) is 0 Å². The normalized spacial score (nSPS) is 13.6. The van der Waals surface area contributed by atoms with Crippen molar-refractivity contribution in [1.82, 2.24) is 10.1 Å². The summed E-state index contributed by atoms with van der Waals surface area (Å²) in [5, 5.41) is 15.0. The maximum absolute atomic E-state index is 12.8. The third-order valence-electron chi connectivity index (χ3n) is 4.69. The van der Waals surface area contributed by atoms with E-state index in [1.165, 1.54) is 0 Å². The first kappa shape index (κ1) is 18.4. The number of carbonyl (C=O) groups is 1. The van der Waals surface area contributed by atoms with Crippen molar-refractivity contribution in [2.24, 2.45) is 0 Å². The van der Waals surface area contributed by atoms with Crippen LogP contribution >= 0.6 is 11.6 Å². The molecule has 6 nitrogen and oxygen atoms in total. The second-order valence-electron chi connectivity index (χ2n) is 6.60. The van der Waals surface area contributed by atoms with Gasteiger partial charge in [0.15, 0.2) is 17.2 Å². The molecule has 0 unspecified atom stereocenters. The lowest BCUT2D eigenvalue weighted by Crippen LogP contribution is -2.32. The van der Waals surface area contributed by atoms with E-state index in [1.807, 2.05) is 31.2 Å². The first-order valence-electron chi connectivity index (χ1n) is 9.04. The number of phenols is 1. The van der Waals surface area contributed by atoms with Crippen LogP contribution in [0.1, 0.15) is 28.7 Å². The van der Waals surface area contributed by atoms with Crippen LogP contribution in [0.25, 0.3) is 11.1 Å². The second kappa shape index (κ2) is 7.56.